The molecule has 7 heteroatoms. The van der Waals surface area contributed by atoms with Gasteiger partial charge in [-0.25, -0.2) is 8.42 Å². The number of hydrogen-bond acceptors (Lipinski definition) is 3. The maximum Gasteiger partial charge on any atom is 0.263 e. The molecule has 0 fully saturated rings. The molecule has 0 unspecified atom stereocenters. The SMILES string of the molecule is O=S(=O)(Nc1ccc(CCO)cc1)c1cc(Br)ccc1Br. The van der Waals surface area contributed by atoms with Crippen LogP contribution in [0.15, 0.2) is 56.3 Å². The van der Waals surface area contributed by atoms with E-state index in [0.717, 1.165) is 5.56 Å². The lowest BCUT2D eigenvalue weighted by Crippen LogP contribution is -2.13. The Morgan fingerprint density at radius 3 is 2.33 bits per heavy atom. The highest BCUT2D eigenvalue weighted by Crippen LogP contribution is 2.27. The molecule has 0 aliphatic rings. The van der Waals surface area contributed by atoms with Gasteiger partial charge in [0, 0.05) is 21.2 Å². The van der Waals surface area contributed by atoms with Crippen LogP contribution in [-0.2, 0) is 16.4 Å². The summed E-state index contributed by atoms with van der Waals surface area (Å²) in [5, 5.41) is 8.86. The molecule has 2 aromatic carbocycles. The van der Waals surface area contributed by atoms with Crippen molar-refractivity contribution in [3.05, 3.63) is 57.0 Å². The molecule has 0 bridgehead atoms. The lowest BCUT2D eigenvalue weighted by molar-refractivity contribution is 0.299. The van der Waals surface area contributed by atoms with Crippen LogP contribution in [0, 0.1) is 0 Å². The molecule has 0 amide bonds. The molecule has 2 rings (SSSR count). The molecular weight excluding hydrogens is 422 g/mol. The van der Waals surface area contributed by atoms with Gasteiger partial charge in [-0.1, -0.05) is 28.1 Å². The lowest BCUT2D eigenvalue weighted by atomic mass is 10.1. The van der Waals surface area contributed by atoms with Gasteiger partial charge in [0.05, 0.1) is 0 Å². The van der Waals surface area contributed by atoms with Crippen LogP contribution in [0.4, 0.5) is 5.69 Å². The van der Waals surface area contributed by atoms with Crippen LogP contribution >= 0.6 is 31.9 Å². The van der Waals surface area contributed by atoms with E-state index in [0.29, 0.717) is 21.1 Å². The highest BCUT2D eigenvalue weighted by molar-refractivity contribution is 9.11. The molecule has 0 aliphatic heterocycles. The molecule has 2 N–H and O–H groups in total. The molecule has 4 nitrogen and oxygen atoms in total. The van der Waals surface area contributed by atoms with Crippen LogP contribution in [0.25, 0.3) is 0 Å². The Bertz CT molecular complexity index is 730. The minimum Gasteiger partial charge on any atom is -0.396 e. The van der Waals surface area contributed by atoms with E-state index < -0.39 is 10.0 Å². The first-order chi connectivity index (χ1) is 9.92. The molecule has 0 atom stereocenters. The van der Waals surface area contributed by atoms with Crippen molar-refractivity contribution in [2.45, 2.75) is 11.3 Å². The highest BCUT2D eigenvalue weighted by Gasteiger charge is 2.18. The van der Waals surface area contributed by atoms with E-state index in [-0.39, 0.29) is 11.5 Å². The van der Waals surface area contributed by atoms with Gasteiger partial charge in [0.1, 0.15) is 4.90 Å². The van der Waals surface area contributed by atoms with Crippen molar-refractivity contribution in [2.24, 2.45) is 0 Å². The number of sulfonamides is 1. The van der Waals surface area contributed by atoms with Crippen molar-refractivity contribution in [1.29, 1.82) is 0 Å². The third-order valence-electron chi connectivity index (χ3n) is 2.79. The third-order valence-corrected chi connectivity index (χ3v) is 5.66. The predicted octanol–water partition coefficient (Wildman–Crippen LogP) is 3.55. The summed E-state index contributed by atoms with van der Waals surface area (Å²) < 4.78 is 28.5. The first kappa shape index (κ1) is 16.5. The van der Waals surface area contributed by atoms with Crippen molar-refractivity contribution in [2.75, 3.05) is 11.3 Å². The Labute approximate surface area is 140 Å². The van der Waals surface area contributed by atoms with Gasteiger partial charge >= 0.3 is 0 Å². The van der Waals surface area contributed by atoms with Gasteiger partial charge in [0.15, 0.2) is 0 Å². The summed E-state index contributed by atoms with van der Waals surface area (Å²) >= 11 is 6.51. The minimum atomic E-state index is -3.67. The van der Waals surface area contributed by atoms with Crippen molar-refractivity contribution in [1.82, 2.24) is 0 Å². The molecule has 21 heavy (non-hydrogen) atoms. The zero-order chi connectivity index (χ0) is 15.5. The van der Waals surface area contributed by atoms with Gasteiger partial charge in [-0.3, -0.25) is 4.72 Å². The molecule has 0 saturated carbocycles. The molecule has 0 spiro atoms. The maximum absolute atomic E-state index is 12.4. The Kier molecular flexibility index (Phi) is 5.43. The molecule has 112 valence electrons. The summed E-state index contributed by atoms with van der Waals surface area (Å²) in [6.45, 7) is 0.0655. The monoisotopic (exact) mass is 433 g/mol. The molecule has 0 aromatic heterocycles. The first-order valence-corrected chi connectivity index (χ1v) is 9.17. The van der Waals surface area contributed by atoms with Gasteiger partial charge in [-0.05, 0) is 58.2 Å². The summed E-state index contributed by atoms with van der Waals surface area (Å²) in [6.07, 6.45) is 0.546. The van der Waals surface area contributed by atoms with E-state index >= 15 is 0 Å². The Morgan fingerprint density at radius 2 is 1.71 bits per heavy atom. The van der Waals surface area contributed by atoms with Crippen LogP contribution in [0.1, 0.15) is 5.56 Å². The Balaban J connectivity index is 2.26. The summed E-state index contributed by atoms with van der Waals surface area (Å²) in [7, 11) is -3.67. The van der Waals surface area contributed by atoms with Gasteiger partial charge in [-0.2, -0.15) is 0 Å². The lowest BCUT2D eigenvalue weighted by Gasteiger charge is -2.10. The van der Waals surface area contributed by atoms with Crippen LogP contribution in [-0.4, -0.2) is 20.1 Å². The molecule has 0 heterocycles. The van der Waals surface area contributed by atoms with Crippen molar-refractivity contribution >= 4 is 47.6 Å². The van der Waals surface area contributed by atoms with E-state index in [4.69, 9.17) is 5.11 Å². The van der Waals surface area contributed by atoms with Crippen LogP contribution in [0.5, 0.6) is 0 Å². The van der Waals surface area contributed by atoms with Gasteiger partial charge in [-0.15, -0.1) is 0 Å². The number of aliphatic hydroxyl groups is 1. The van der Waals surface area contributed by atoms with Crippen LogP contribution < -0.4 is 4.72 Å². The van der Waals surface area contributed by atoms with Gasteiger partial charge in [0.25, 0.3) is 10.0 Å². The van der Waals surface area contributed by atoms with Crippen molar-refractivity contribution < 1.29 is 13.5 Å². The standard InChI is InChI=1S/C14H13Br2NO3S/c15-11-3-6-13(16)14(9-11)21(19,20)17-12-4-1-10(2-5-12)7-8-18/h1-6,9,17-18H,7-8H2. The number of nitrogens with one attached hydrogen (secondary N) is 1. The average Bonchev–Trinajstić information content (AvgIpc) is 2.43. The van der Waals surface area contributed by atoms with Crippen molar-refractivity contribution in [3.8, 4) is 0 Å². The second-order valence-corrected chi connectivity index (χ2v) is 7.77. The second-order valence-electron chi connectivity index (χ2n) is 4.35. The van der Waals surface area contributed by atoms with Gasteiger partial charge < -0.3 is 5.11 Å². The van der Waals surface area contributed by atoms with Crippen LogP contribution in [0.3, 0.4) is 0 Å². The number of benzene rings is 2. The fourth-order valence-electron chi connectivity index (χ4n) is 1.76. The van der Waals surface area contributed by atoms with Gasteiger partial charge in [0.2, 0.25) is 0 Å². The summed E-state index contributed by atoms with van der Waals surface area (Å²) in [5.74, 6) is 0. The minimum absolute atomic E-state index is 0.0655. The maximum atomic E-state index is 12.4. The summed E-state index contributed by atoms with van der Waals surface area (Å²) in [5.41, 5.74) is 1.42. The normalized spacial score (nSPS) is 11.4. The Morgan fingerprint density at radius 1 is 1.05 bits per heavy atom. The third kappa shape index (κ3) is 4.29. The topological polar surface area (TPSA) is 66.4 Å². The molecular formula is C14H13Br2NO3S. The van der Waals surface area contributed by atoms with E-state index in [1.807, 2.05) is 0 Å². The van der Waals surface area contributed by atoms with E-state index in [1.165, 1.54) is 6.07 Å². The zero-order valence-corrected chi connectivity index (χ0v) is 14.9. The number of hydrogen-bond donors (Lipinski definition) is 2. The molecule has 2 aromatic rings. The smallest absolute Gasteiger partial charge is 0.263 e. The summed E-state index contributed by atoms with van der Waals surface area (Å²) in [4.78, 5) is 0.163. The molecule has 0 saturated heterocycles. The average molecular weight is 435 g/mol. The number of aliphatic hydroxyl groups excluding tert-OH is 1. The summed E-state index contributed by atoms with van der Waals surface area (Å²) in [6, 6.07) is 11.9. The number of halogens is 2. The van der Waals surface area contributed by atoms with Crippen molar-refractivity contribution in [3.63, 3.8) is 0 Å². The van der Waals surface area contributed by atoms with Crippen LogP contribution in [0.2, 0.25) is 0 Å². The second kappa shape index (κ2) is 6.91. The first-order valence-electron chi connectivity index (χ1n) is 6.10. The van der Waals surface area contributed by atoms with E-state index in [1.54, 1.807) is 36.4 Å². The zero-order valence-electron chi connectivity index (χ0n) is 10.9. The Hall–Kier alpha value is -0.890. The molecule has 0 aliphatic carbocycles. The van der Waals surface area contributed by atoms with E-state index in [2.05, 4.69) is 36.6 Å². The highest BCUT2D eigenvalue weighted by atomic mass is 79.9. The quantitative estimate of drug-likeness (QED) is 0.756. The number of anilines is 1. The fourth-order valence-corrected chi connectivity index (χ4v) is 4.32. The fraction of sp³-hybridized carbons (Fsp3) is 0.143. The largest absolute Gasteiger partial charge is 0.396 e. The predicted molar refractivity (Wildman–Crippen MR) is 89.9 cm³/mol. The molecule has 0 radical (unpaired) electrons. The van der Waals surface area contributed by atoms with E-state index in [9.17, 15) is 8.42 Å². The number of rotatable bonds is 5.